The Morgan fingerprint density at radius 1 is 1.64 bits per heavy atom. The highest BCUT2D eigenvalue weighted by Crippen LogP contribution is 2.26. The fourth-order valence-electron chi connectivity index (χ4n) is 1.07. The first-order chi connectivity index (χ1) is 6.49. The van der Waals surface area contributed by atoms with Gasteiger partial charge in [-0.1, -0.05) is 25.4 Å². The van der Waals surface area contributed by atoms with Gasteiger partial charge in [-0.3, -0.25) is 4.79 Å². The van der Waals surface area contributed by atoms with E-state index >= 15 is 0 Å². The molecule has 0 atom stereocenters. The zero-order valence-corrected chi connectivity index (χ0v) is 9.65. The minimum atomic E-state index is -0.895. The highest BCUT2D eigenvalue weighted by molar-refractivity contribution is 7.16. The number of rotatable bonds is 4. The van der Waals surface area contributed by atoms with Crippen LogP contribution in [0.4, 0.5) is 0 Å². The monoisotopic (exact) mass is 233 g/mol. The van der Waals surface area contributed by atoms with E-state index in [1.165, 1.54) is 11.3 Å². The molecule has 0 aliphatic carbocycles. The molecule has 0 aromatic carbocycles. The van der Waals surface area contributed by atoms with Crippen molar-refractivity contribution in [3.63, 3.8) is 0 Å². The van der Waals surface area contributed by atoms with Gasteiger partial charge in [0, 0.05) is 6.42 Å². The van der Waals surface area contributed by atoms with Crippen LogP contribution in [0, 0.1) is 5.92 Å². The summed E-state index contributed by atoms with van der Waals surface area (Å²) in [4.78, 5) is 14.7. The lowest BCUT2D eigenvalue weighted by Gasteiger charge is -1.98. The molecule has 1 rings (SSSR count). The summed E-state index contributed by atoms with van der Waals surface area (Å²) in [6.07, 6.45) is 0.761. The average molecular weight is 234 g/mol. The highest BCUT2D eigenvalue weighted by Gasteiger charge is 2.12. The average Bonchev–Trinajstić information content (AvgIpc) is 2.28. The Kier molecular flexibility index (Phi) is 3.89. The number of aliphatic carboxylic acids is 1. The van der Waals surface area contributed by atoms with Gasteiger partial charge >= 0.3 is 5.97 Å². The number of aromatic nitrogens is 1. The van der Waals surface area contributed by atoms with Gasteiger partial charge in [0.25, 0.3) is 0 Å². The van der Waals surface area contributed by atoms with Gasteiger partial charge in [-0.25, -0.2) is 4.98 Å². The Morgan fingerprint density at radius 2 is 2.29 bits per heavy atom. The summed E-state index contributed by atoms with van der Waals surface area (Å²) in [5.41, 5.74) is 0.486. The van der Waals surface area contributed by atoms with Crippen LogP contribution < -0.4 is 0 Å². The van der Waals surface area contributed by atoms with E-state index in [1.807, 2.05) is 0 Å². The van der Waals surface area contributed by atoms with Crippen molar-refractivity contribution in [2.24, 2.45) is 5.92 Å². The number of thiazole rings is 1. The second-order valence-corrected chi connectivity index (χ2v) is 5.18. The van der Waals surface area contributed by atoms with Gasteiger partial charge in [0.2, 0.25) is 0 Å². The van der Waals surface area contributed by atoms with E-state index in [0.29, 0.717) is 15.9 Å². The van der Waals surface area contributed by atoms with Crippen LogP contribution >= 0.6 is 22.9 Å². The number of carboxylic acid groups (broad SMARTS) is 1. The molecule has 0 bridgehead atoms. The molecular weight excluding hydrogens is 222 g/mol. The Morgan fingerprint density at radius 3 is 2.79 bits per heavy atom. The topological polar surface area (TPSA) is 50.2 Å². The number of halogens is 1. The van der Waals surface area contributed by atoms with Crippen LogP contribution in [0.25, 0.3) is 0 Å². The fraction of sp³-hybridized carbons (Fsp3) is 0.556. The van der Waals surface area contributed by atoms with Gasteiger partial charge in [-0.15, -0.1) is 11.3 Å². The third-order valence-corrected chi connectivity index (χ3v) is 2.95. The molecule has 1 aromatic heterocycles. The van der Waals surface area contributed by atoms with Crippen molar-refractivity contribution in [1.82, 2.24) is 4.98 Å². The maximum atomic E-state index is 10.5. The Balaban J connectivity index is 2.76. The van der Waals surface area contributed by atoms with Gasteiger partial charge in [0.05, 0.1) is 17.1 Å². The molecule has 1 N–H and O–H groups in total. The van der Waals surface area contributed by atoms with E-state index in [1.54, 1.807) is 0 Å². The van der Waals surface area contributed by atoms with Crippen molar-refractivity contribution in [3.8, 4) is 0 Å². The largest absolute Gasteiger partial charge is 0.481 e. The molecule has 0 saturated carbocycles. The van der Waals surface area contributed by atoms with Crippen molar-refractivity contribution >= 4 is 28.9 Å². The van der Waals surface area contributed by atoms with Crippen molar-refractivity contribution in [2.75, 3.05) is 0 Å². The minimum Gasteiger partial charge on any atom is -0.481 e. The van der Waals surface area contributed by atoms with Crippen LogP contribution in [0.15, 0.2) is 0 Å². The van der Waals surface area contributed by atoms with E-state index in [9.17, 15) is 4.79 Å². The van der Waals surface area contributed by atoms with E-state index in [-0.39, 0.29) is 6.42 Å². The number of hydrogen-bond donors (Lipinski definition) is 1. The Hall–Kier alpha value is -0.610. The third-order valence-electron chi connectivity index (χ3n) is 1.60. The third kappa shape index (κ3) is 3.27. The number of carbonyl (C=O) groups is 1. The van der Waals surface area contributed by atoms with Crippen LogP contribution in [0.3, 0.4) is 0 Å². The van der Waals surface area contributed by atoms with Gasteiger partial charge in [-0.2, -0.15) is 0 Å². The van der Waals surface area contributed by atoms with E-state index in [2.05, 4.69) is 18.8 Å². The van der Waals surface area contributed by atoms with Gasteiger partial charge in [0.1, 0.15) is 4.34 Å². The zero-order chi connectivity index (χ0) is 10.7. The van der Waals surface area contributed by atoms with E-state index in [4.69, 9.17) is 16.7 Å². The summed E-state index contributed by atoms with van der Waals surface area (Å²) in [6, 6.07) is 0. The van der Waals surface area contributed by atoms with E-state index < -0.39 is 5.97 Å². The molecule has 0 spiro atoms. The number of carboxylic acids is 1. The smallest absolute Gasteiger partial charge is 0.309 e. The molecule has 0 radical (unpaired) electrons. The van der Waals surface area contributed by atoms with E-state index in [0.717, 1.165) is 11.4 Å². The summed E-state index contributed by atoms with van der Waals surface area (Å²) in [5, 5.41) is 9.51. The Bertz CT molecular complexity index is 336. The second kappa shape index (κ2) is 4.75. The van der Waals surface area contributed by atoms with Crippen molar-refractivity contribution in [2.45, 2.75) is 26.7 Å². The van der Waals surface area contributed by atoms with Crippen LogP contribution in [0.1, 0.15) is 24.5 Å². The van der Waals surface area contributed by atoms with Crippen molar-refractivity contribution < 1.29 is 9.90 Å². The van der Waals surface area contributed by atoms with Crippen LogP contribution in [-0.2, 0) is 17.6 Å². The molecule has 0 aliphatic heterocycles. The van der Waals surface area contributed by atoms with Gasteiger partial charge in [0.15, 0.2) is 0 Å². The second-order valence-electron chi connectivity index (χ2n) is 3.50. The number of nitrogens with zero attached hydrogens (tertiary/aromatic N) is 1. The first kappa shape index (κ1) is 11.5. The first-order valence-corrected chi connectivity index (χ1v) is 5.54. The molecule has 1 aromatic rings. The van der Waals surface area contributed by atoms with Crippen LogP contribution in [-0.4, -0.2) is 16.1 Å². The fourth-order valence-corrected chi connectivity index (χ4v) is 2.46. The molecule has 1 heterocycles. The lowest BCUT2D eigenvalue weighted by atomic mass is 10.1. The molecule has 0 aliphatic rings. The van der Waals surface area contributed by atoms with Crippen LogP contribution in [0.2, 0.25) is 4.34 Å². The zero-order valence-electron chi connectivity index (χ0n) is 8.08. The number of hydrogen-bond acceptors (Lipinski definition) is 3. The van der Waals surface area contributed by atoms with Crippen LogP contribution in [0.5, 0.6) is 0 Å². The highest BCUT2D eigenvalue weighted by atomic mass is 35.5. The lowest BCUT2D eigenvalue weighted by molar-refractivity contribution is -0.136. The predicted octanol–water partition coefficient (Wildman–Crippen LogP) is 2.62. The molecule has 0 saturated heterocycles. The van der Waals surface area contributed by atoms with Crippen molar-refractivity contribution in [1.29, 1.82) is 0 Å². The van der Waals surface area contributed by atoms with Gasteiger partial charge < -0.3 is 5.11 Å². The standard InChI is InChI=1S/C9H12ClNO2S/c1-5(2)3-7-11-6(4-8(12)13)9(10)14-7/h5H,3-4H2,1-2H3,(H,12,13). The molecule has 5 heteroatoms. The first-order valence-electron chi connectivity index (χ1n) is 4.35. The summed E-state index contributed by atoms with van der Waals surface area (Å²) < 4.78 is 0.503. The molecule has 0 amide bonds. The van der Waals surface area contributed by atoms with Crippen molar-refractivity contribution in [3.05, 3.63) is 15.0 Å². The molecule has 78 valence electrons. The normalized spacial score (nSPS) is 10.9. The molecule has 0 fully saturated rings. The molecule has 3 nitrogen and oxygen atoms in total. The summed E-state index contributed by atoms with van der Waals surface area (Å²) in [7, 11) is 0. The minimum absolute atomic E-state index is 0.0899. The summed E-state index contributed by atoms with van der Waals surface area (Å²) in [5.74, 6) is -0.386. The maximum Gasteiger partial charge on any atom is 0.309 e. The van der Waals surface area contributed by atoms with Gasteiger partial charge in [-0.05, 0) is 5.92 Å². The Labute approximate surface area is 91.7 Å². The quantitative estimate of drug-likeness (QED) is 0.870. The summed E-state index contributed by atoms with van der Waals surface area (Å²) >= 11 is 7.24. The lowest BCUT2D eigenvalue weighted by Crippen LogP contribution is -2.01. The molecular formula is C9H12ClNO2S. The summed E-state index contributed by atoms with van der Waals surface area (Å²) in [6.45, 7) is 4.18. The molecule has 14 heavy (non-hydrogen) atoms. The SMILES string of the molecule is CC(C)Cc1nc(CC(=O)O)c(Cl)s1. The predicted molar refractivity (Wildman–Crippen MR) is 57.0 cm³/mol. The molecule has 0 unspecified atom stereocenters. The maximum absolute atomic E-state index is 10.5.